The summed E-state index contributed by atoms with van der Waals surface area (Å²) in [7, 11) is 1.46. The highest BCUT2D eigenvalue weighted by Gasteiger charge is 2.45. The van der Waals surface area contributed by atoms with E-state index in [0.717, 1.165) is 13.1 Å². The van der Waals surface area contributed by atoms with Gasteiger partial charge in [0.05, 0.1) is 7.11 Å². The van der Waals surface area contributed by atoms with Crippen molar-refractivity contribution in [3.8, 4) is 0 Å². The molecule has 0 unspecified atom stereocenters. The lowest BCUT2D eigenvalue weighted by Crippen LogP contribution is -2.58. The van der Waals surface area contributed by atoms with Gasteiger partial charge >= 0.3 is 5.97 Å². The maximum Gasteiger partial charge on any atom is 0.323 e. The van der Waals surface area contributed by atoms with Crippen molar-refractivity contribution < 1.29 is 9.53 Å². The quantitative estimate of drug-likeness (QED) is 0.807. The predicted molar refractivity (Wildman–Crippen MR) is 81.8 cm³/mol. The molecule has 0 amide bonds. The Morgan fingerprint density at radius 2 is 1.71 bits per heavy atom. The zero-order valence-electron chi connectivity index (χ0n) is 12.1. The Labute approximate surface area is 125 Å². The SMILES string of the molecule is COC(=O)[C@@H]1[C@@H](c2ccccc2)CN1Cc1ccccc1. The minimum atomic E-state index is -0.183. The third-order valence-electron chi connectivity index (χ3n) is 4.10. The first-order valence-corrected chi connectivity index (χ1v) is 7.20. The minimum absolute atomic E-state index is 0.147. The number of nitrogens with zero attached hydrogens (tertiary/aromatic N) is 1. The number of methoxy groups -OCH3 is 1. The Balaban J connectivity index is 1.76. The van der Waals surface area contributed by atoms with E-state index in [9.17, 15) is 4.79 Å². The lowest BCUT2D eigenvalue weighted by atomic mass is 9.82. The maximum atomic E-state index is 12.1. The number of hydrogen-bond donors (Lipinski definition) is 0. The lowest BCUT2D eigenvalue weighted by molar-refractivity contribution is -0.154. The van der Waals surface area contributed by atoms with Crippen molar-refractivity contribution >= 4 is 5.97 Å². The number of hydrogen-bond acceptors (Lipinski definition) is 3. The molecule has 1 fully saturated rings. The van der Waals surface area contributed by atoms with Crippen LogP contribution in [0.25, 0.3) is 0 Å². The zero-order valence-corrected chi connectivity index (χ0v) is 12.1. The predicted octanol–water partition coefficient (Wildman–Crippen LogP) is 2.83. The molecule has 1 aliphatic rings. The maximum absolute atomic E-state index is 12.1. The summed E-state index contributed by atoms with van der Waals surface area (Å²) in [5.41, 5.74) is 2.43. The molecule has 0 radical (unpaired) electrons. The molecule has 1 heterocycles. The minimum Gasteiger partial charge on any atom is -0.468 e. The molecule has 0 aromatic heterocycles. The van der Waals surface area contributed by atoms with Crippen LogP contribution in [0.1, 0.15) is 17.0 Å². The van der Waals surface area contributed by atoms with Crippen LogP contribution in [0, 0.1) is 0 Å². The fourth-order valence-electron chi connectivity index (χ4n) is 2.99. The van der Waals surface area contributed by atoms with Gasteiger partial charge in [-0.05, 0) is 11.1 Å². The van der Waals surface area contributed by atoms with Crippen molar-refractivity contribution in [1.29, 1.82) is 0 Å². The Kier molecular flexibility index (Phi) is 4.02. The van der Waals surface area contributed by atoms with Gasteiger partial charge in [0.1, 0.15) is 6.04 Å². The first kappa shape index (κ1) is 13.8. The average molecular weight is 281 g/mol. The smallest absolute Gasteiger partial charge is 0.323 e. The van der Waals surface area contributed by atoms with Gasteiger partial charge in [-0.25, -0.2) is 0 Å². The van der Waals surface area contributed by atoms with Gasteiger partial charge < -0.3 is 4.74 Å². The van der Waals surface area contributed by atoms with Crippen LogP contribution in [0.3, 0.4) is 0 Å². The molecular weight excluding hydrogens is 262 g/mol. The monoisotopic (exact) mass is 281 g/mol. The second-order valence-corrected chi connectivity index (χ2v) is 5.40. The van der Waals surface area contributed by atoms with Crippen LogP contribution in [-0.4, -0.2) is 30.6 Å². The molecule has 108 valence electrons. The summed E-state index contributed by atoms with van der Waals surface area (Å²) in [5.74, 6) is 0.0772. The molecule has 0 spiro atoms. The standard InChI is InChI=1S/C18H19NO2/c1-21-18(20)17-16(15-10-6-3-7-11-15)13-19(17)12-14-8-4-2-5-9-14/h2-11,16-17H,12-13H2,1H3/t16-,17+/m1/s1. The average Bonchev–Trinajstić information content (AvgIpc) is 2.52. The third-order valence-corrected chi connectivity index (χ3v) is 4.10. The first-order valence-electron chi connectivity index (χ1n) is 7.20. The van der Waals surface area contributed by atoms with E-state index in [1.807, 2.05) is 36.4 Å². The second-order valence-electron chi connectivity index (χ2n) is 5.40. The molecule has 3 rings (SSSR count). The topological polar surface area (TPSA) is 29.5 Å². The Bertz CT molecular complexity index is 597. The van der Waals surface area contributed by atoms with E-state index in [1.165, 1.54) is 18.2 Å². The van der Waals surface area contributed by atoms with E-state index in [2.05, 4.69) is 29.2 Å². The number of ether oxygens (including phenoxy) is 1. The normalized spacial score (nSPS) is 21.6. The fourth-order valence-corrected chi connectivity index (χ4v) is 2.99. The van der Waals surface area contributed by atoms with Crippen molar-refractivity contribution in [1.82, 2.24) is 4.90 Å². The second kappa shape index (κ2) is 6.10. The van der Waals surface area contributed by atoms with Crippen molar-refractivity contribution in [3.63, 3.8) is 0 Å². The highest BCUT2D eigenvalue weighted by molar-refractivity contribution is 5.78. The third kappa shape index (κ3) is 2.83. The molecule has 0 saturated carbocycles. The highest BCUT2D eigenvalue weighted by atomic mass is 16.5. The van der Waals surface area contributed by atoms with E-state index >= 15 is 0 Å². The van der Waals surface area contributed by atoms with Gasteiger partial charge in [0.15, 0.2) is 0 Å². The molecule has 3 nitrogen and oxygen atoms in total. The number of likely N-dealkylation sites (tertiary alicyclic amines) is 1. The van der Waals surface area contributed by atoms with Crippen LogP contribution in [0.4, 0.5) is 0 Å². The summed E-state index contributed by atoms with van der Waals surface area (Å²) in [6, 6.07) is 20.2. The van der Waals surface area contributed by atoms with Crippen molar-refractivity contribution in [2.45, 2.75) is 18.5 Å². The summed E-state index contributed by atoms with van der Waals surface area (Å²) in [6.45, 7) is 1.67. The zero-order chi connectivity index (χ0) is 14.7. The molecule has 2 aromatic carbocycles. The molecule has 0 bridgehead atoms. The largest absolute Gasteiger partial charge is 0.468 e. The molecule has 1 saturated heterocycles. The molecule has 2 aromatic rings. The van der Waals surface area contributed by atoms with Crippen LogP contribution < -0.4 is 0 Å². The summed E-state index contributed by atoms with van der Waals surface area (Å²) >= 11 is 0. The molecule has 2 atom stereocenters. The molecular formula is C18H19NO2. The fraction of sp³-hybridized carbons (Fsp3) is 0.278. The number of carbonyl (C=O) groups is 1. The van der Waals surface area contributed by atoms with Crippen molar-refractivity contribution in [3.05, 3.63) is 71.8 Å². The van der Waals surface area contributed by atoms with Gasteiger partial charge in [-0.1, -0.05) is 60.7 Å². The van der Waals surface area contributed by atoms with Crippen LogP contribution in [-0.2, 0) is 16.1 Å². The van der Waals surface area contributed by atoms with Crippen LogP contribution in [0.5, 0.6) is 0 Å². The summed E-state index contributed by atoms with van der Waals surface area (Å²) in [6.07, 6.45) is 0. The number of benzene rings is 2. The van der Waals surface area contributed by atoms with E-state index < -0.39 is 0 Å². The first-order chi connectivity index (χ1) is 10.3. The van der Waals surface area contributed by atoms with Gasteiger partial charge in [-0.2, -0.15) is 0 Å². The Morgan fingerprint density at radius 1 is 1.10 bits per heavy atom. The Hall–Kier alpha value is -2.13. The molecule has 3 heteroatoms. The summed E-state index contributed by atoms with van der Waals surface area (Å²) < 4.78 is 4.99. The highest BCUT2D eigenvalue weighted by Crippen LogP contribution is 2.35. The molecule has 21 heavy (non-hydrogen) atoms. The number of esters is 1. The molecule has 0 N–H and O–H groups in total. The van der Waals surface area contributed by atoms with Crippen LogP contribution in [0.2, 0.25) is 0 Å². The number of carbonyl (C=O) groups excluding carboxylic acids is 1. The summed E-state index contributed by atoms with van der Waals surface area (Å²) in [5, 5.41) is 0. The van der Waals surface area contributed by atoms with Gasteiger partial charge in [-0.3, -0.25) is 9.69 Å². The van der Waals surface area contributed by atoms with Gasteiger partial charge in [-0.15, -0.1) is 0 Å². The van der Waals surface area contributed by atoms with E-state index in [1.54, 1.807) is 0 Å². The van der Waals surface area contributed by atoms with Gasteiger partial charge in [0.25, 0.3) is 0 Å². The number of rotatable bonds is 4. The van der Waals surface area contributed by atoms with Gasteiger partial charge in [0.2, 0.25) is 0 Å². The van der Waals surface area contributed by atoms with Crippen LogP contribution in [0.15, 0.2) is 60.7 Å². The lowest BCUT2D eigenvalue weighted by Gasteiger charge is -2.46. The molecule has 1 aliphatic heterocycles. The van der Waals surface area contributed by atoms with Crippen molar-refractivity contribution in [2.75, 3.05) is 13.7 Å². The Morgan fingerprint density at radius 3 is 2.33 bits per heavy atom. The van der Waals surface area contributed by atoms with E-state index in [-0.39, 0.29) is 17.9 Å². The van der Waals surface area contributed by atoms with Gasteiger partial charge in [0, 0.05) is 19.0 Å². The van der Waals surface area contributed by atoms with E-state index in [0.29, 0.717) is 0 Å². The van der Waals surface area contributed by atoms with E-state index in [4.69, 9.17) is 4.74 Å². The van der Waals surface area contributed by atoms with Crippen LogP contribution >= 0.6 is 0 Å². The summed E-state index contributed by atoms with van der Waals surface area (Å²) in [4.78, 5) is 14.3. The molecule has 0 aliphatic carbocycles. The van der Waals surface area contributed by atoms with Crippen molar-refractivity contribution in [2.24, 2.45) is 0 Å².